The molecule has 0 aromatic heterocycles. The highest BCUT2D eigenvalue weighted by atomic mass is 16.5. The number of nitrogens with zero attached hydrogens (tertiary/aromatic N) is 1. The van der Waals surface area contributed by atoms with Crippen LogP contribution >= 0.6 is 0 Å². The first kappa shape index (κ1) is 12.9. The summed E-state index contributed by atoms with van der Waals surface area (Å²) in [4.78, 5) is 24.1. The van der Waals surface area contributed by atoms with Gasteiger partial charge in [0.15, 0.2) is 0 Å². The van der Waals surface area contributed by atoms with Gasteiger partial charge in [-0.05, 0) is 12.8 Å². The average Bonchev–Trinajstić information content (AvgIpc) is 2.13. The Bertz CT molecular complexity index is 213. The molecule has 0 aliphatic rings. The Labute approximate surface area is 85.2 Å². The normalized spacial score (nSPS) is 12.4. The summed E-state index contributed by atoms with van der Waals surface area (Å²) in [7, 11) is 2.94. The minimum absolute atomic E-state index is 0.0297. The fraction of sp³-hybridized carbons (Fsp3) is 0.800. The third-order valence-corrected chi connectivity index (χ3v) is 2.10. The van der Waals surface area contributed by atoms with E-state index in [1.165, 1.54) is 12.0 Å². The molecule has 0 spiro atoms. The largest absolute Gasteiger partial charge is 0.467 e. The van der Waals surface area contributed by atoms with Crippen molar-refractivity contribution in [2.75, 3.05) is 14.2 Å². The Morgan fingerprint density at radius 2 is 1.79 bits per heavy atom. The molecule has 0 radical (unpaired) electrons. The monoisotopic (exact) mass is 201 g/mol. The molecule has 0 aliphatic carbocycles. The van der Waals surface area contributed by atoms with Crippen LogP contribution < -0.4 is 0 Å². The van der Waals surface area contributed by atoms with Gasteiger partial charge in [-0.2, -0.15) is 0 Å². The number of hydrogen-bond donors (Lipinski definition) is 0. The highest BCUT2D eigenvalue weighted by molar-refractivity contribution is 5.84. The van der Waals surface area contributed by atoms with Crippen LogP contribution in [0.25, 0.3) is 0 Å². The maximum Gasteiger partial charge on any atom is 0.328 e. The van der Waals surface area contributed by atoms with Crippen LogP contribution in [0.5, 0.6) is 0 Å². The number of amides is 1. The first-order chi connectivity index (χ1) is 6.40. The molecular weight excluding hydrogens is 182 g/mol. The first-order valence-electron chi connectivity index (χ1n) is 4.73. The molecule has 0 aromatic carbocycles. The van der Waals surface area contributed by atoms with E-state index in [-0.39, 0.29) is 11.9 Å². The molecule has 0 rings (SSSR count). The smallest absolute Gasteiger partial charge is 0.328 e. The summed E-state index contributed by atoms with van der Waals surface area (Å²) in [6, 6.07) is -0.508. The Hall–Kier alpha value is -1.06. The minimum Gasteiger partial charge on any atom is -0.467 e. The van der Waals surface area contributed by atoms with Gasteiger partial charge >= 0.3 is 5.97 Å². The van der Waals surface area contributed by atoms with Crippen molar-refractivity contribution < 1.29 is 14.3 Å². The van der Waals surface area contributed by atoms with E-state index in [4.69, 9.17) is 0 Å². The summed E-state index contributed by atoms with van der Waals surface area (Å²) >= 11 is 0. The van der Waals surface area contributed by atoms with Crippen LogP contribution in [0, 0.1) is 5.92 Å². The van der Waals surface area contributed by atoms with Crippen molar-refractivity contribution in [1.29, 1.82) is 0 Å². The number of esters is 1. The number of likely N-dealkylation sites (N-methyl/N-ethyl adjacent to an activating group) is 1. The molecule has 4 heteroatoms. The van der Waals surface area contributed by atoms with E-state index in [0.717, 1.165) is 0 Å². The summed E-state index contributed by atoms with van der Waals surface area (Å²) in [6.07, 6.45) is 0.456. The number of ether oxygens (including phenoxy) is 1. The number of methoxy groups -OCH3 is 1. The Kier molecular flexibility index (Phi) is 5.20. The molecule has 1 atom stereocenters. The predicted octanol–water partition coefficient (Wildman–Crippen LogP) is 1.05. The van der Waals surface area contributed by atoms with E-state index in [0.29, 0.717) is 12.3 Å². The van der Waals surface area contributed by atoms with Crippen LogP contribution in [0.4, 0.5) is 0 Å². The summed E-state index contributed by atoms with van der Waals surface area (Å²) in [5.74, 6) is -0.114. The van der Waals surface area contributed by atoms with Crippen molar-refractivity contribution in [3.8, 4) is 0 Å². The highest BCUT2D eigenvalue weighted by Crippen LogP contribution is 2.06. The molecule has 4 nitrogen and oxygen atoms in total. The van der Waals surface area contributed by atoms with Crippen LogP contribution in [0.1, 0.15) is 27.2 Å². The van der Waals surface area contributed by atoms with Gasteiger partial charge in [-0.3, -0.25) is 4.79 Å². The van der Waals surface area contributed by atoms with Gasteiger partial charge in [0.1, 0.15) is 6.04 Å². The molecule has 82 valence electrons. The number of hydrogen-bond acceptors (Lipinski definition) is 3. The molecule has 1 amide bonds. The van der Waals surface area contributed by atoms with Crippen LogP contribution in [0.3, 0.4) is 0 Å². The zero-order valence-corrected chi connectivity index (χ0v) is 9.53. The second kappa shape index (κ2) is 5.62. The molecule has 0 aliphatic heterocycles. The van der Waals surface area contributed by atoms with Crippen LogP contribution in [-0.2, 0) is 14.3 Å². The molecule has 0 aromatic rings. The van der Waals surface area contributed by atoms with Crippen LogP contribution in [-0.4, -0.2) is 37.0 Å². The van der Waals surface area contributed by atoms with Gasteiger partial charge in [0.05, 0.1) is 7.11 Å². The minimum atomic E-state index is -0.508. The molecule has 14 heavy (non-hydrogen) atoms. The predicted molar refractivity (Wildman–Crippen MR) is 53.7 cm³/mol. The quantitative estimate of drug-likeness (QED) is 0.639. The summed E-state index contributed by atoms with van der Waals surface area (Å²) in [5, 5.41) is 0. The zero-order chi connectivity index (χ0) is 11.3. The molecule has 0 unspecified atom stereocenters. The maximum atomic E-state index is 11.5. The van der Waals surface area contributed by atoms with Gasteiger partial charge in [0.25, 0.3) is 0 Å². The van der Waals surface area contributed by atoms with Crippen molar-refractivity contribution in [2.45, 2.75) is 33.2 Å². The third-order valence-electron chi connectivity index (χ3n) is 2.10. The molecule has 0 heterocycles. The Balaban J connectivity index is 4.24. The topological polar surface area (TPSA) is 46.6 Å². The van der Waals surface area contributed by atoms with Gasteiger partial charge in [-0.15, -0.1) is 0 Å². The first-order valence-corrected chi connectivity index (χ1v) is 4.73. The van der Waals surface area contributed by atoms with Gasteiger partial charge in [-0.25, -0.2) is 4.79 Å². The summed E-state index contributed by atoms with van der Waals surface area (Å²) < 4.78 is 4.56. The average molecular weight is 201 g/mol. The molecule has 0 bridgehead atoms. The lowest BCUT2D eigenvalue weighted by atomic mass is 10.1. The van der Waals surface area contributed by atoms with E-state index < -0.39 is 6.04 Å². The standard InChI is InChI=1S/C10H19NO3/c1-7(2)6-9(12)11(4)8(3)10(13)14-5/h7-8H,6H2,1-5H3/t8-/m0/s1. The fourth-order valence-electron chi connectivity index (χ4n) is 1.04. The lowest BCUT2D eigenvalue weighted by Crippen LogP contribution is -2.41. The zero-order valence-electron chi connectivity index (χ0n) is 9.53. The number of carbonyl (C=O) groups is 2. The van der Waals surface area contributed by atoms with Crippen molar-refractivity contribution in [1.82, 2.24) is 4.90 Å². The third kappa shape index (κ3) is 3.77. The molecule has 0 saturated heterocycles. The van der Waals surface area contributed by atoms with Crippen LogP contribution in [0.2, 0.25) is 0 Å². The van der Waals surface area contributed by atoms with E-state index in [1.54, 1.807) is 14.0 Å². The number of rotatable bonds is 4. The summed E-state index contributed by atoms with van der Waals surface area (Å²) in [5.41, 5.74) is 0. The fourth-order valence-corrected chi connectivity index (χ4v) is 1.04. The van der Waals surface area contributed by atoms with E-state index in [2.05, 4.69) is 4.74 Å². The summed E-state index contributed by atoms with van der Waals surface area (Å²) in [6.45, 7) is 5.59. The second-order valence-corrected chi connectivity index (χ2v) is 3.80. The molecular formula is C10H19NO3. The Morgan fingerprint density at radius 1 is 1.29 bits per heavy atom. The molecule has 0 saturated carbocycles. The van der Waals surface area contributed by atoms with Gasteiger partial charge in [0.2, 0.25) is 5.91 Å². The van der Waals surface area contributed by atoms with Crippen molar-refractivity contribution in [3.63, 3.8) is 0 Å². The number of carbonyl (C=O) groups excluding carboxylic acids is 2. The van der Waals surface area contributed by atoms with Crippen molar-refractivity contribution in [2.24, 2.45) is 5.92 Å². The van der Waals surface area contributed by atoms with Gasteiger partial charge < -0.3 is 9.64 Å². The van der Waals surface area contributed by atoms with Gasteiger partial charge in [0, 0.05) is 13.5 Å². The Morgan fingerprint density at radius 3 is 2.14 bits per heavy atom. The van der Waals surface area contributed by atoms with E-state index >= 15 is 0 Å². The van der Waals surface area contributed by atoms with Crippen LogP contribution in [0.15, 0.2) is 0 Å². The maximum absolute atomic E-state index is 11.5. The van der Waals surface area contributed by atoms with Gasteiger partial charge in [-0.1, -0.05) is 13.8 Å². The lowest BCUT2D eigenvalue weighted by Gasteiger charge is -2.23. The van der Waals surface area contributed by atoms with E-state index in [1.807, 2.05) is 13.8 Å². The van der Waals surface area contributed by atoms with Crippen molar-refractivity contribution in [3.05, 3.63) is 0 Å². The SMILES string of the molecule is COC(=O)[C@H](C)N(C)C(=O)CC(C)C. The second-order valence-electron chi connectivity index (χ2n) is 3.80. The van der Waals surface area contributed by atoms with Crippen molar-refractivity contribution >= 4 is 11.9 Å². The lowest BCUT2D eigenvalue weighted by molar-refractivity contribution is -0.151. The molecule has 0 fully saturated rings. The highest BCUT2D eigenvalue weighted by Gasteiger charge is 2.22. The molecule has 0 N–H and O–H groups in total. The van der Waals surface area contributed by atoms with E-state index in [9.17, 15) is 9.59 Å².